The van der Waals surface area contributed by atoms with Gasteiger partial charge >= 0.3 is 0 Å². The monoisotopic (exact) mass is 432 g/mol. The molecule has 0 aliphatic carbocycles. The molecule has 0 spiro atoms. The lowest BCUT2D eigenvalue weighted by atomic mass is 9.97. The summed E-state index contributed by atoms with van der Waals surface area (Å²) in [5.74, 6) is 1.74. The molecule has 166 valence electrons. The van der Waals surface area contributed by atoms with E-state index in [2.05, 4.69) is 51.4 Å². The van der Waals surface area contributed by atoms with Crippen LogP contribution in [0.1, 0.15) is 18.4 Å². The highest BCUT2D eigenvalue weighted by molar-refractivity contribution is 5.93. The number of rotatable bonds is 6. The molecule has 3 aromatic rings. The van der Waals surface area contributed by atoms with Crippen LogP contribution in [0.3, 0.4) is 0 Å². The molecule has 1 saturated heterocycles. The molecule has 0 saturated carbocycles. The largest absolute Gasteiger partial charge is 0.497 e. The molecule has 2 heterocycles. The Hall–Kier alpha value is -3.61. The van der Waals surface area contributed by atoms with E-state index in [0.29, 0.717) is 29.7 Å². The Kier molecular flexibility index (Phi) is 6.54. The number of nitrogens with zero attached hydrogens (tertiary/aromatic N) is 3. The lowest BCUT2D eigenvalue weighted by Crippen LogP contribution is -2.41. The van der Waals surface area contributed by atoms with Crippen molar-refractivity contribution in [2.24, 2.45) is 5.92 Å². The Labute approximate surface area is 188 Å². The molecule has 1 fully saturated rings. The lowest BCUT2D eigenvalue weighted by Gasteiger charge is -2.32. The zero-order valence-corrected chi connectivity index (χ0v) is 18.7. The van der Waals surface area contributed by atoms with Crippen molar-refractivity contribution in [3.05, 3.63) is 60.4 Å². The van der Waals surface area contributed by atoms with Crippen LogP contribution in [0.2, 0.25) is 0 Å². The number of nitrogens with one attached hydrogen (secondary N) is 1. The second kappa shape index (κ2) is 9.68. The zero-order valence-electron chi connectivity index (χ0n) is 18.7. The van der Waals surface area contributed by atoms with Gasteiger partial charge in [0.15, 0.2) is 0 Å². The van der Waals surface area contributed by atoms with Crippen LogP contribution in [-0.4, -0.2) is 43.2 Å². The van der Waals surface area contributed by atoms with Crippen LogP contribution >= 0.6 is 0 Å². The number of piperidine rings is 1. The van der Waals surface area contributed by atoms with E-state index in [9.17, 15) is 4.79 Å². The molecule has 0 radical (unpaired) electrons. The quantitative estimate of drug-likeness (QED) is 0.625. The van der Waals surface area contributed by atoms with E-state index < -0.39 is 0 Å². The van der Waals surface area contributed by atoms with Crippen molar-refractivity contribution in [1.29, 1.82) is 0 Å². The molecule has 4 rings (SSSR count). The number of ether oxygens (including phenoxy) is 2. The van der Waals surface area contributed by atoms with Crippen LogP contribution < -0.4 is 19.7 Å². The van der Waals surface area contributed by atoms with E-state index in [4.69, 9.17) is 9.47 Å². The van der Waals surface area contributed by atoms with Gasteiger partial charge in [0, 0.05) is 54.9 Å². The van der Waals surface area contributed by atoms with Gasteiger partial charge < -0.3 is 19.7 Å². The van der Waals surface area contributed by atoms with Gasteiger partial charge in [-0.2, -0.15) is 0 Å². The van der Waals surface area contributed by atoms with E-state index in [1.54, 1.807) is 32.4 Å². The topological polar surface area (TPSA) is 76.6 Å². The summed E-state index contributed by atoms with van der Waals surface area (Å²) in [4.78, 5) is 24.2. The fraction of sp³-hybridized carbons (Fsp3) is 0.320. The molecule has 0 bridgehead atoms. The van der Waals surface area contributed by atoms with Gasteiger partial charge in [0.25, 0.3) is 0 Å². The highest BCUT2D eigenvalue weighted by Crippen LogP contribution is 2.28. The molecule has 1 unspecified atom stereocenters. The van der Waals surface area contributed by atoms with E-state index in [-0.39, 0.29) is 11.8 Å². The van der Waals surface area contributed by atoms with E-state index in [1.165, 1.54) is 5.56 Å². The minimum Gasteiger partial charge on any atom is -0.497 e. The summed E-state index contributed by atoms with van der Waals surface area (Å²) < 4.78 is 10.6. The minimum absolute atomic E-state index is 0.0266. The van der Waals surface area contributed by atoms with Gasteiger partial charge in [-0.3, -0.25) is 4.79 Å². The molecular weight excluding hydrogens is 404 g/mol. The Morgan fingerprint density at radius 1 is 1.00 bits per heavy atom. The molecule has 7 heteroatoms. The summed E-state index contributed by atoms with van der Waals surface area (Å²) in [5, 5.41) is 3.00. The first-order chi connectivity index (χ1) is 15.6. The van der Waals surface area contributed by atoms with Gasteiger partial charge in [-0.25, -0.2) is 9.97 Å². The van der Waals surface area contributed by atoms with E-state index in [1.807, 2.05) is 12.4 Å². The first-order valence-corrected chi connectivity index (χ1v) is 10.7. The van der Waals surface area contributed by atoms with Crippen molar-refractivity contribution in [3.63, 3.8) is 0 Å². The molecule has 2 aromatic carbocycles. The first kappa shape index (κ1) is 21.6. The Morgan fingerprint density at radius 3 is 2.28 bits per heavy atom. The van der Waals surface area contributed by atoms with Crippen LogP contribution in [0.5, 0.6) is 11.5 Å². The highest BCUT2D eigenvalue weighted by Gasteiger charge is 2.27. The van der Waals surface area contributed by atoms with Crippen molar-refractivity contribution in [1.82, 2.24) is 9.97 Å². The minimum atomic E-state index is -0.152. The predicted molar refractivity (Wildman–Crippen MR) is 125 cm³/mol. The third-order valence-electron chi connectivity index (χ3n) is 5.72. The summed E-state index contributed by atoms with van der Waals surface area (Å²) >= 11 is 0. The van der Waals surface area contributed by atoms with Gasteiger partial charge in [-0.1, -0.05) is 29.8 Å². The molecule has 1 amide bonds. The average Bonchev–Trinajstić information content (AvgIpc) is 2.84. The van der Waals surface area contributed by atoms with Gasteiger partial charge in [0.1, 0.15) is 11.5 Å². The van der Waals surface area contributed by atoms with Gasteiger partial charge in [-0.15, -0.1) is 0 Å². The Morgan fingerprint density at radius 2 is 1.66 bits per heavy atom. The molecule has 7 nitrogen and oxygen atoms in total. The van der Waals surface area contributed by atoms with Crippen LogP contribution in [0, 0.1) is 12.8 Å². The SMILES string of the molecule is COc1cc(NC(=O)C2CCCN(c3ncc(-c4ccc(C)cc4)cn3)C2)cc(OC)c1. The second-order valence-electron chi connectivity index (χ2n) is 8.01. The van der Waals surface area contributed by atoms with Crippen molar-refractivity contribution in [2.45, 2.75) is 19.8 Å². The molecule has 1 aliphatic rings. The van der Waals surface area contributed by atoms with Crippen LogP contribution in [0.15, 0.2) is 54.9 Å². The molecule has 32 heavy (non-hydrogen) atoms. The number of methoxy groups -OCH3 is 2. The zero-order chi connectivity index (χ0) is 22.5. The lowest BCUT2D eigenvalue weighted by molar-refractivity contribution is -0.120. The van der Waals surface area contributed by atoms with Crippen molar-refractivity contribution < 1.29 is 14.3 Å². The van der Waals surface area contributed by atoms with Crippen LogP contribution in [-0.2, 0) is 4.79 Å². The number of carbonyl (C=O) groups is 1. The number of anilines is 2. The van der Waals surface area contributed by atoms with E-state index >= 15 is 0 Å². The van der Waals surface area contributed by atoms with E-state index in [0.717, 1.165) is 30.5 Å². The molecular formula is C25H28N4O3. The number of hydrogen-bond donors (Lipinski definition) is 1. The maximum absolute atomic E-state index is 13.0. The molecule has 1 aromatic heterocycles. The van der Waals surface area contributed by atoms with Crippen molar-refractivity contribution in [2.75, 3.05) is 37.5 Å². The summed E-state index contributed by atoms with van der Waals surface area (Å²) in [6, 6.07) is 13.6. The standard InChI is InChI=1S/C25H28N4O3/c1-17-6-8-18(9-7-17)20-14-26-25(27-15-20)29-10-4-5-19(16-29)24(30)28-21-11-22(31-2)13-23(12-21)32-3/h6-9,11-15,19H,4-5,10,16H2,1-3H3,(H,28,30). The van der Waals surface area contributed by atoms with Gasteiger partial charge in [-0.05, 0) is 25.3 Å². The summed E-state index contributed by atoms with van der Waals surface area (Å²) in [5.41, 5.74) is 3.94. The fourth-order valence-corrected chi connectivity index (χ4v) is 3.88. The van der Waals surface area contributed by atoms with Crippen molar-refractivity contribution in [3.8, 4) is 22.6 Å². The third-order valence-corrected chi connectivity index (χ3v) is 5.72. The van der Waals surface area contributed by atoms with Gasteiger partial charge in [0.05, 0.1) is 20.1 Å². The molecule has 1 aliphatic heterocycles. The van der Waals surface area contributed by atoms with Crippen LogP contribution in [0.4, 0.5) is 11.6 Å². The predicted octanol–water partition coefficient (Wildman–Crippen LogP) is 4.32. The number of hydrogen-bond acceptors (Lipinski definition) is 6. The molecule has 1 atom stereocenters. The Balaban J connectivity index is 1.43. The summed E-state index contributed by atoms with van der Waals surface area (Å²) in [7, 11) is 3.17. The maximum atomic E-state index is 13.0. The second-order valence-corrected chi connectivity index (χ2v) is 8.01. The maximum Gasteiger partial charge on any atom is 0.229 e. The normalized spacial score (nSPS) is 15.8. The first-order valence-electron chi connectivity index (χ1n) is 10.7. The number of amides is 1. The smallest absolute Gasteiger partial charge is 0.229 e. The van der Waals surface area contributed by atoms with Gasteiger partial charge in [0.2, 0.25) is 11.9 Å². The molecule has 1 N–H and O–H groups in total. The number of aromatic nitrogens is 2. The van der Waals surface area contributed by atoms with Crippen LogP contribution in [0.25, 0.3) is 11.1 Å². The number of benzene rings is 2. The number of carbonyl (C=O) groups excluding carboxylic acids is 1. The third kappa shape index (κ3) is 4.99. The summed E-state index contributed by atoms with van der Waals surface area (Å²) in [6.07, 6.45) is 5.42. The van der Waals surface area contributed by atoms with Crippen molar-refractivity contribution >= 4 is 17.5 Å². The summed E-state index contributed by atoms with van der Waals surface area (Å²) in [6.45, 7) is 3.48. The average molecular weight is 433 g/mol. The highest BCUT2D eigenvalue weighted by atomic mass is 16.5. The number of aryl methyl sites for hydroxylation is 1. The Bertz CT molecular complexity index is 1050. The fourth-order valence-electron chi connectivity index (χ4n) is 3.88.